The lowest BCUT2D eigenvalue weighted by molar-refractivity contribution is -0.136. The zero-order chi connectivity index (χ0) is 21.1. The van der Waals surface area contributed by atoms with Crippen molar-refractivity contribution in [3.05, 3.63) is 59.7 Å². The van der Waals surface area contributed by atoms with E-state index in [9.17, 15) is 9.59 Å². The van der Waals surface area contributed by atoms with E-state index in [0.29, 0.717) is 32.6 Å². The molecule has 2 amide bonds. The van der Waals surface area contributed by atoms with Crippen molar-refractivity contribution in [3.8, 4) is 5.75 Å². The Morgan fingerprint density at radius 2 is 1.80 bits per heavy atom. The molecule has 4 rings (SSSR count). The summed E-state index contributed by atoms with van der Waals surface area (Å²) in [6.07, 6.45) is 0.320. The van der Waals surface area contributed by atoms with E-state index >= 15 is 0 Å². The fourth-order valence-corrected chi connectivity index (χ4v) is 4.25. The number of carbonyl (C=O) groups excluding carboxylic acids is 2. The highest BCUT2D eigenvalue weighted by Gasteiger charge is 2.37. The lowest BCUT2D eigenvalue weighted by Gasteiger charge is -2.37. The summed E-state index contributed by atoms with van der Waals surface area (Å²) in [5.41, 5.74) is 3.42. The minimum absolute atomic E-state index is 0.0731. The SMILES string of the molecule is COc1cccc(N2CCN(C(=O)[C@@H]3CC(=O)N(Cc4ccc(C)cc4)C3)CC2)c1. The molecule has 2 heterocycles. The third-order valence-electron chi connectivity index (χ3n) is 6.07. The number of hydrogen-bond donors (Lipinski definition) is 0. The largest absolute Gasteiger partial charge is 0.497 e. The van der Waals surface area contributed by atoms with Gasteiger partial charge in [0.05, 0.1) is 13.0 Å². The summed E-state index contributed by atoms with van der Waals surface area (Å²) in [5.74, 6) is 0.791. The Morgan fingerprint density at radius 3 is 2.50 bits per heavy atom. The summed E-state index contributed by atoms with van der Waals surface area (Å²) in [4.78, 5) is 31.5. The zero-order valence-electron chi connectivity index (χ0n) is 17.7. The molecule has 6 nitrogen and oxygen atoms in total. The second-order valence-corrected chi connectivity index (χ2v) is 8.17. The fourth-order valence-electron chi connectivity index (χ4n) is 4.25. The first-order chi connectivity index (χ1) is 14.5. The number of hydrogen-bond acceptors (Lipinski definition) is 4. The van der Waals surface area contributed by atoms with E-state index in [1.165, 1.54) is 5.56 Å². The second kappa shape index (κ2) is 8.78. The molecular formula is C24H29N3O3. The Labute approximate surface area is 178 Å². The van der Waals surface area contributed by atoms with E-state index in [1.54, 1.807) is 7.11 Å². The van der Waals surface area contributed by atoms with Gasteiger partial charge in [0, 0.05) is 57.4 Å². The lowest BCUT2D eigenvalue weighted by Crippen LogP contribution is -2.50. The van der Waals surface area contributed by atoms with Gasteiger partial charge in [0.25, 0.3) is 0 Å². The summed E-state index contributed by atoms with van der Waals surface area (Å²) < 4.78 is 5.31. The number of anilines is 1. The van der Waals surface area contributed by atoms with E-state index in [-0.39, 0.29) is 17.7 Å². The van der Waals surface area contributed by atoms with Crippen LogP contribution in [-0.2, 0) is 16.1 Å². The van der Waals surface area contributed by atoms with Gasteiger partial charge in [-0.3, -0.25) is 9.59 Å². The van der Waals surface area contributed by atoms with Crippen LogP contribution >= 0.6 is 0 Å². The normalized spacial score (nSPS) is 19.3. The fraction of sp³-hybridized carbons (Fsp3) is 0.417. The van der Waals surface area contributed by atoms with Crippen LogP contribution < -0.4 is 9.64 Å². The van der Waals surface area contributed by atoms with Crippen LogP contribution in [0, 0.1) is 12.8 Å². The van der Waals surface area contributed by atoms with Crippen molar-refractivity contribution in [3.63, 3.8) is 0 Å². The number of carbonyl (C=O) groups is 2. The molecule has 2 aliphatic heterocycles. The third-order valence-corrected chi connectivity index (χ3v) is 6.07. The van der Waals surface area contributed by atoms with Gasteiger partial charge in [0.2, 0.25) is 11.8 Å². The number of piperazine rings is 1. The lowest BCUT2D eigenvalue weighted by atomic mass is 10.1. The van der Waals surface area contributed by atoms with Crippen molar-refractivity contribution in [1.29, 1.82) is 0 Å². The van der Waals surface area contributed by atoms with Crippen LogP contribution in [0.3, 0.4) is 0 Å². The van der Waals surface area contributed by atoms with Gasteiger partial charge in [-0.25, -0.2) is 0 Å². The van der Waals surface area contributed by atoms with E-state index in [4.69, 9.17) is 4.74 Å². The quantitative estimate of drug-likeness (QED) is 0.765. The topological polar surface area (TPSA) is 53.1 Å². The molecule has 2 fully saturated rings. The van der Waals surface area contributed by atoms with E-state index in [1.807, 2.05) is 34.9 Å². The molecule has 158 valence electrons. The minimum Gasteiger partial charge on any atom is -0.497 e. The average Bonchev–Trinajstić information content (AvgIpc) is 3.15. The Hall–Kier alpha value is -3.02. The number of likely N-dealkylation sites (tertiary alicyclic amines) is 1. The first-order valence-corrected chi connectivity index (χ1v) is 10.5. The zero-order valence-corrected chi connectivity index (χ0v) is 17.7. The number of rotatable bonds is 5. The van der Waals surface area contributed by atoms with Crippen LogP contribution in [0.15, 0.2) is 48.5 Å². The Kier molecular flexibility index (Phi) is 5.93. The minimum atomic E-state index is -0.230. The van der Waals surface area contributed by atoms with Crippen molar-refractivity contribution in [2.75, 3.05) is 44.7 Å². The van der Waals surface area contributed by atoms with Gasteiger partial charge in [-0.2, -0.15) is 0 Å². The highest BCUT2D eigenvalue weighted by Crippen LogP contribution is 2.25. The average molecular weight is 408 g/mol. The van der Waals surface area contributed by atoms with Gasteiger partial charge >= 0.3 is 0 Å². The standard InChI is InChI=1S/C24H29N3O3/c1-18-6-8-19(9-7-18)16-27-17-20(14-23(27)28)24(29)26-12-10-25(11-13-26)21-4-3-5-22(15-21)30-2/h3-9,15,20H,10-14,16-17H2,1-2H3/t20-/m1/s1. The van der Waals surface area contributed by atoms with Crippen LogP contribution in [0.1, 0.15) is 17.5 Å². The van der Waals surface area contributed by atoms with Crippen molar-refractivity contribution < 1.29 is 14.3 Å². The van der Waals surface area contributed by atoms with Gasteiger partial charge < -0.3 is 19.4 Å². The van der Waals surface area contributed by atoms with Gasteiger partial charge in [0.15, 0.2) is 0 Å². The van der Waals surface area contributed by atoms with E-state index < -0.39 is 0 Å². The molecule has 2 aromatic carbocycles. The maximum atomic E-state index is 13.0. The Balaban J connectivity index is 1.32. The molecule has 2 aliphatic rings. The molecule has 2 aromatic rings. The maximum absolute atomic E-state index is 13.0. The van der Waals surface area contributed by atoms with Crippen LogP contribution in [0.25, 0.3) is 0 Å². The Bertz CT molecular complexity index is 904. The highest BCUT2D eigenvalue weighted by atomic mass is 16.5. The van der Waals surface area contributed by atoms with Crippen molar-refractivity contribution in [2.45, 2.75) is 19.9 Å². The molecule has 0 unspecified atom stereocenters. The molecule has 0 aromatic heterocycles. The van der Waals surface area contributed by atoms with Crippen LogP contribution in [-0.4, -0.2) is 61.4 Å². The number of amides is 2. The van der Waals surface area contributed by atoms with Crippen LogP contribution in [0.4, 0.5) is 5.69 Å². The number of benzene rings is 2. The molecule has 0 bridgehead atoms. The highest BCUT2D eigenvalue weighted by molar-refractivity contribution is 5.89. The van der Waals surface area contributed by atoms with Crippen LogP contribution in [0.5, 0.6) is 5.75 Å². The van der Waals surface area contributed by atoms with E-state index in [0.717, 1.165) is 30.1 Å². The number of ether oxygens (including phenoxy) is 1. The first kappa shape index (κ1) is 20.3. The Morgan fingerprint density at radius 1 is 1.07 bits per heavy atom. The summed E-state index contributed by atoms with van der Waals surface area (Å²) >= 11 is 0. The summed E-state index contributed by atoms with van der Waals surface area (Å²) in [6.45, 7) is 6.07. The molecule has 0 radical (unpaired) electrons. The molecule has 0 spiro atoms. The van der Waals surface area contributed by atoms with Crippen LogP contribution in [0.2, 0.25) is 0 Å². The molecule has 30 heavy (non-hydrogen) atoms. The molecule has 0 aliphatic carbocycles. The summed E-state index contributed by atoms with van der Waals surface area (Å²) in [7, 11) is 1.67. The predicted octanol–water partition coefficient (Wildman–Crippen LogP) is 2.70. The molecule has 1 atom stereocenters. The molecule has 2 saturated heterocycles. The van der Waals surface area contributed by atoms with Gasteiger partial charge in [-0.15, -0.1) is 0 Å². The van der Waals surface area contributed by atoms with Gasteiger partial charge in [-0.1, -0.05) is 35.9 Å². The van der Waals surface area contributed by atoms with E-state index in [2.05, 4.69) is 35.2 Å². The summed E-state index contributed by atoms with van der Waals surface area (Å²) in [5, 5.41) is 0. The molecular weight excluding hydrogens is 378 g/mol. The van der Waals surface area contributed by atoms with Crippen molar-refractivity contribution >= 4 is 17.5 Å². The molecule has 0 saturated carbocycles. The second-order valence-electron chi connectivity index (χ2n) is 8.17. The third kappa shape index (κ3) is 4.42. The monoisotopic (exact) mass is 407 g/mol. The number of methoxy groups -OCH3 is 1. The molecule has 6 heteroatoms. The summed E-state index contributed by atoms with van der Waals surface area (Å²) in [6, 6.07) is 16.2. The van der Waals surface area contributed by atoms with Crippen molar-refractivity contribution in [2.24, 2.45) is 5.92 Å². The van der Waals surface area contributed by atoms with Crippen molar-refractivity contribution in [1.82, 2.24) is 9.80 Å². The van der Waals surface area contributed by atoms with Gasteiger partial charge in [0.1, 0.15) is 5.75 Å². The van der Waals surface area contributed by atoms with Gasteiger partial charge in [-0.05, 0) is 24.6 Å². The maximum Gasteiger partial charge on any atom is 0.228 e. The predicted molar refractivity (Wildman–Crippen MR) is 116 cm³/mol. The smallest absolute Gasteiger partial charge is 0.228 e. The first-order valence-electron chi connectivity index (χ1n) is 10.5. The molecule has 0 N–H and O–H groups in total. The number of aryl methyl sites for hydroxylation is 1. The number of nitrogens with zero attached hydrogens (tertiary/aromatic N) is 3.